The van der Waals surface area contributed by atoms with Gasteiger partial charge in [0.25, 0.3) is 0 Å². The molecule has 0 amide bonds. The molecule has 1 N–H and O–H groups in total. The zero-order valence-electron chi connectivity index (χ0n) is 11.0. The van der Waals surface area contributed by atoms with Crippen LogP contribution in [-0.4, -0.2) is 34.4 Å². The monoisotopic (exact) mass is 365 g/mol. The summed E-state index contributed by atoms with van der Waals surface area (Å²) >= 11 is -2.78. The third-order valence-corrected chi connectivity index (χ3v) is 16.6. The van der Waals surface area contributed by atoms with Crippen LogP contribution in [0.25, 0.3) is 0 Å². The molecule has 1 heterocycles. The standard InChI is InChI=1S/C6H4NO2.3C3H5.Sn/c8-6(9)5-2-1-3-7-4-5;3*1-3-2;/h2-4H,(H,8,9);3*3H,1-2H2;. The van der Waals surface area contributed by atoms with Crippen molar-refractivity contribution in [3.05, 3.63) is 62.0 Å². The maximum absolute atomic E-state index is 11.1. The van der Waals surface area contributed by atoms with E-state index in [1.165, 1.54) is 6.20 Å². The molecule has 0 bridgehead atoms. The van der Waals surface area contributed by atoms with Crippen molar-refractivity contribution in [2.24, 2.45) is 0 Å². The minimum absolute atomic E-state index is 0.246. The average molecular weight is 364 g/mol. The topological polar surface area (TPSA) is 50.2 Å². The summed E-state index contributed by atoms with van der Waals surface area (Å²) in [5.74, 6) is -0.939. The Hall–Kier alpha value is -1.36. The van der Waals surface area contributed by atoms with Gasteiger partial charge in [0.2, 0.25) is 0 Å². The van der Waals surface area contributed by atoms with Crippen LogP contribution in [0.15, 0.2) is 56.4 Å². The second kappa shape index (κ2) is 7.28. The van der Waals surface area contributed by atoms with Gasteiger partial charge in [0, 0.05) is 0 Å². The van der Waals surface area contributed by atoms with E-state index in [1.54, 1.807) is 12.3 Å². The van der Waals surface area contributed by atoms with E-state index in [0.717, 1.165) is 16.9 Å². The molecule has 0 saturated heterocycles. The van der Waals surface area contributed by atoms with Gasteiger partial charge in [-0.1, -0.05) is 0 Å². The normalized spacial score (nSPS) is 10.7. The van der Waals surface area contributed by atoms with Crippen LogP contribution in [0.1, 0.15) is 10.4 Å². The number of carboxylic acid groups (broad SMARTS) is 1. The van der Waals surface area contributed by atoms with Crippen molar-refractivity contribution in [3.63, 3.8) is 0 Å². The predicted molar refractivity (Wildman–Crippen MR) is 81.6 cm³/mol. The zero-order valence-corrected chi connectivity index (χ0v) is 13.9. The summed E-state index contributed by atoms with van der Waals surface area (Å²) in [6, 6.07) is 1.77. The van der Waals surface area contributed by atoms with E-state index in [2.05, 4.69) is 24.7 Å². The second-order valence-electron chi connectivity index (χ2n) is 4.53. The van der Waals surface area contributed by atoms with Crippen LogP contribution in [0.4, 0.5) is 0 Å². The third kappa shape index (κ3) is 3.80. The molecule has 0 unspecified atom stereocenters. The number of carboxylic acids is 1. The van der Waals surface area contributed by atoms with Crippen LogP contribution in [-0.2, 0) is 0 Å². The number of hydrogen-bond acceptors (Lipinski definition) is 2. The third-order valence-electron chi connectivity index (χ3n) is 3.20. The van der Waals surface area contributed by atoms with E-state index in [1.807, 2.05) is 18.2 Å². The number of aromatic carboxylic acids is 1. The summed E-state index contributed by atoms with van der Waals surface area (Å²) in [6.07, 6.45) is 8.97. The average Bonchev–Trinajstić information content (AvgIpc) is 2.39. The van der Waals surface area contributed by atoms with Crippen LogP contribution in [0, 0.1) is 0 Å². The van der Waals surface area contributed by atoms with Gasteiger partial charge in [-0.3, -0.25) is 0 Å². The van der Waals surface area contributed by atoms with E-state index in [-0.39, 0.29) is 5.56 Å². The van der Waals surface area contributed by atoms with Crippen LogP contribution < -0.4 is 3.58 Å². The van der Waals surface area contributed by atoms with Crippen LogP contribution >= 0.6 is 0 Å². The Bertz CT molecular complexity index is 470. The zero-order chi connectivity index (χ0) is 14.3. The Balaban J connectivity index is 3.32. The molecule has 0 saturated carbocycles. The van der Waals surface area contributed by atoms with Crippen molar-refractivity contribution in [2.75, 3.05) is 0 Å². The summed E-state index contributed by atoms with van der Waals surface area (Å²) in [7, 11) is 0. The Labute approximate surface area is 118 Å². The Morgan fingerprint density at radius 3 is 2.11 bits per heavy atom. The van der Waals surface area contributed by atoms with Crippen molar-refractivity contribution in [1.82, 2.24) is 4.98 Å². The molecule has 0 atom stereocenters. The SMILES string of the molecule is C=C[CH2][Sn]([CH2]C=C)([CH2]C=C)[c]1cncc(C(=O)O)c1. The molecule has 19 heavy (non-hydrogen) atoms. The van der Waals surface area contributed by atoms with Crippen molar-refractivity contribution >= 4 is 27.9 Å². The fourth-order valence-electron chi connectivity index (χ4n) is 2.28. The summed E-state index contributed by atoms with van der Waals surface area (Å²) in [5, 5.41) is 9.09. The fraction of sp³-hybridized carbons (Fsp3) is 0.200. The van der Waals surface area contributed by atoms with Crippen LogP contribution in [0.2, 0.25) is 13.3 Å². The number of aromatic nitrogens is 1. The summed E-state index contributed by atoms with van der Waals surface area (Å²) in [6.45, 7) is 11.5. The summed E-state index contributed by atoms with van der Waals surface area (Å²) < 4.78 is 3.88. The van der Waals surface area contributed by atoms with Gasteiger partial charge < -0.3 is 0 Å². The van der Waals surface area contributed by atoms with Crippen molar-refractivity contribution in [1.29, 1.82) is 0 Å². The molecule has 1 aromatic rings. The Kier molecular flexibility index (Phi) is 6.02. The van der Waals surface area contributed by atoms with Gasteiger partial charge in [-0.15, -0.1) is 0 Å². The first kappa shape index (κ1) is 15.7. The molecule has 3 nitrogen and oxygen atoms in total. The molecule has 4 heteroatoms. The van der Waals surface area contributed by atoms with Crippen molar-refractivity contribution in [3.8, 4) is 0 Å². The number of hydrogen-bond donors (Lipinski definition) is 1. The first-order valence-electron chi connectivity index (χ1n) is 6.11. The van der Waals surface area contributed by atoms with Gasteiger partial charge in [0.05, 0.1) is 0 Å². The van der Waals surface area contributed by atoms with Gasteiger partial charge in [0.1, 0.15) is 0 Å². The molecule has 0 aliphatic carbocycles. The van der Waals surface area contributed by atoms with E-state index >= 15 is 0 Å². The molecule has 0 radical (unpaired) electrons. The summed E-state index contributed by atoms with van der Waals surface area (Å²) in [4.78, 5) is 15.2. The van der Waals surface area contributed by atoms with Crippen LogP contribution in [0.3, 0.4) is 0 Å². The number of pyridine rings is 1. The van der Waals surface area contributed by atoms with Crippen LogP contribution in [0.5, 0.6) is 0 Å². The predicted octanol–water partition coefficient (Wildman–Crippen LogP) is 2.99. The molecule has 0 fully saturated rings. The molecular formula is C15H19NO2Sn. The molecule has 0 spiro atoms. The number of allylic oxidation sites excluding steroid dienone is 3. The van der Waals surface area contributed by atoms with Gasteiger partial charge in [-0.25, -0.2) is 0 Å². The molecule has 100 valence electrons. The molecule has 1 rings (SSSR count). The molecule has 1 aromatic heterocycles. The Morgan fingerprint density at radius 2 is 1.68 bits per heavy atom. The maximum atomic E-state index is 11.1. The Morgan fingerprint density at radius 1 is 1.16 bits per heavy atom. The van der Waals surface area contributed by atoms with Gasteiger partial charge in [-0.2, -0.15) is 0 Å². The minimum atomic E-state index is -2.78. The quantitative estimate of drug-likeness (QED) is 0.570. The number of nitrogens with zero attached hydrogens (tertiary/aromatic N) is 1. The first-order chi connectivity index (χ1) is 9.09. The first-order valence-corrected chi connectivity index (χ1v) is 13.6. The van der Waals surface area contributed by atoms with Crippen molar-refractivity contribution < 1.29 is 9.90 Å². The molecule has 0 aliphatic rings. The van der Waals surface area contributed by atoms with Crippen molar-refractivity contribution in [2.45, 2.75) is 13.3 Å². The number of rotatable bonds is 8. The van der Waals surface area contributed by atoms with E-state index in [4.69, 9.17) is 5.11 Å². The molecule has 0 aliphatic heterocycles. The van der Waals surface area contributed by atoms with E-state index < -0.39 is 24.3 Å². The number of carbonyl (C=O) groups is 1. The molecular weight excluding hydrogens is 345 g/mol. The summed E-state index contributed by atoms with van der Waals surface area (Å²) in [5.41, 5.74) is 0.246. The van der Waals surface area contributed by atoms with E-state index in [0.29, 0.717) is 0 Å². The second-order valence-corrected chi connectivity index (χ2v) is 17.0. The van der Waals surface area contributed by atoms with Gasteiger partial charge in [-0.05, 0) is 0 Å². The van der Waals surface area contributed by atoms with Gasteiger partial charge >= 0.3 is 118 Å². The fourth-order valence-corrected chi connectivity index (χ4v) is 12.8. The van der Waals surface area contributed by atoms with E-state index in [9.17, 15) is 4.79 Å². The van der Waals surface area contributed by atoms with Gasteiger partial charge in [0.15, 0.2) is 0 Å². The molecule has 0 aromatic carbocycles.